The molecule has 3 unspecified atom stereocenters. The summed E-state index contributed by atoms with van der Waals surface area (Å²) < 4.78 is 40.0. The first-order chi connectivity index (χ1) is 9.46. The third-order valence-electron chi connectivity index (χ3n) is 4.52. The van der Waals surface area contributed by atoms with Gasteiger partial charge in [-0.15, -0.1) is 0 Å². The van der Waals surface area contributed by atoms with Gasteiger partial charge in [-0.2, -0.15) is 13.2 Å². The van der Waals surface area contributed by atoms with E-state index in [4.69, 9.17) is 0 Å². The highest BCUT2D eigenvalue weighted by molar-refractivity contribution is 5.91. The fourth-order valence-electron chi connectivity index (χ4n) is 3.19. The summed E-state index contributed by atoms with van der Waals surface area (Å²) in [5.74, 6) is -1.13. The van der Waals surface area contributed by atoms with Gasteiger partial charge in [0.15, 0.2) is 5.78 Å². The van der Waals surface area contributed by atoms with Crippen LogP contribution < -0.4 is 5.32 Å². The molecule has 0 spiro atoms. The minimum atomic E-state index is -4.46. The lowest BCUT2D eigenvalue weighted by atomic mass is 9.79. The average Bonchev–Trinajstić information content (AvgIpc) is 3.05. The van der Waals surface area contributed by atoms with E-state index in [1.54, 1.807) is 0 Å². The number of hydrogen-bond acceptors (Lipinski definition) is 2. The molecule has 0 radical (unpaired) electrons. The van der Waals surface area contributed by atoms with E-state index in [-0.39, 0.29) is 25.4 Å². The Hall–Kier alpha value is -1.36. The molecule has 2 nitrogen and oxygen atoms in total. The third kappa shape index (κ3) is 2.04. The van der Waals surface area contributed by atoms with E-state index in [1.807, 2.05) is 30.3 Å². The standard InChI is InChI=1S/C15H16F3NO/c16-15(17,18)14(6-7-19-9-14)13(20)12-8-11(12)10-4-2-1-3-5-10/h1-5,11-12,19H,6-9H2. The topological polar surface area (TPSA) is 29.1 Å². The van der Waals surface area contributed by atoms with Gasteiger partial charge in [0.1, 0.15) is 5.41 Å². The largest absolute Gasteiger partial charge is 0.402 e. The van der Waals surface area contributed by atoms with Gasteiger partial charge in [0.2, 0.25) is 0 Å². The van der Waals surface area contributed by atoms with Crippen molar-refractivity contribution in [3.63, 3.8) is 0 Å². The minimum absolute atomic E-state index is 0.0384. The normalized spacial score (nSPS) is 33.1. The van der Waals surface area contributed by atoms with E-state index in [0.717, 1.165) is 5.56 Å². The summed E-state index contributed by atoms with van der Waals surface area (Å²) in [6.07, 6.45) is -4.05. The number of rotatable bonds is 3. The van der Waals surface area contributed by atoms with Gasteiger partial charge < -0.3 is 5.32 Å². The molecule has 1 N–H and O–H groups in total. The average molecular weight is 283 g/mol. The van der Waals surface area contributed by atoms with E-state index < -0.39 is 23.3 Å². The maximum Gasteiger partial charge on any atom is 0.402 e. The predicted molar refractivity (Wildman–Crippen MR) is 68.3 cm³/mol. The highest BCUT2D eigenvalue weighted by atomic mass is 19.4. The van der Waals surface area contributed by atoms with Crippen LogP contribution in [0.15, 0.2) is 30.3 Å². The molecule has 3 rings (SSSR count). The van der Waals surface area contributed by atoms with Crippen LogP contribution in [0.3, 0.4) is 0 Å². The summed E-state index contributed by atoms with van der Waals surface area (Å²) in [6.45, 7) is -0.0126. The fraction of sp³-hybridized carbons (Fsp3) is 0.533. The molecule has 1 aromatic rings. The van der Waals surface area contributed by atoms with Crippen LogP contribution in [0.2, 0.25) is 0 Å². The second-order valence-corrected chi connectivity index (χ2v) is 5.73. The fourth-order valence-corrected chi connectivity index (χ4v) is 3.19. The van der Waals surface area contributed by atoms with Crippen LogP contribution in [0.5, 0.6) is 0 Å². The van der Waals surface area contributed by atoms with Crippen LogP contribution in [0, 0.1) is 11.3 Å². The van der Waals surface area contributed by atoms with Gasteiger partial charge >= 0.3 is 6.18 Å². The van der Waals surface area contributed by atoms with Gasteiger partial charge in [0, 0.05) is 12.5 Å². The quantitative estimate of drug-likeness (QED) is 0.924. The van der Waals surface area contributed by atoms with Crippen LogP contribution in [-0.2, 0) is 4.79 Å². The van der Waals surface area contributed by atoms with E-state index in [2.05, 4.69) is 5.32 Å². The summed E-state index contributed by atoms with van der Waals surface area (Å²) in [5.41, 5.74) is -1.20. The molecule has 1 saturated heterocycles. The van der Waals surface area contributed by atoms with Gasteiger partial charge in [-0.05, 0) is 30.9 Å². The molecule has 2 aliphatic rings. The van der Waals surface area contributed by atoms with Crippen LogP contribution in [0.25, 0.3) is 0 Å². The van der Waals surface area contributed by atoms with Crippen molar-refractivity contribution in [1.29, 1.82) is 0 Å². The second-order valence-electron chi connectivity index (χ2n) is 5.73. The molecule has 1 aromatic carbocycles. The number of Topliss-reactive ketones (excluding diaryl/α,β-unsaturated/α-hetero) is 1. The minimum Gasteiger partial charge on any atom is -0.315 e. The lowest BCUT2D eigenvalue weighted by molar-refractivity contribution is -0.215. The molecule has 2 fully saturated rings. The lowest BCUT2D eigenvalue weighted by Crippen LogP contribution is -2.47. The highest BCUT2D eigenvalue weighted by Crippen LogP contribution is 2.55. The molecule has 1 aliphatic heterocycles. The van der Waals surface area contributed by atoms with Crippen molar-refractivity contribution >= 4 is 5.78 Å². The van der Waals surface area contributed by atoms with Crippen molar-refractivity contribution in [2.75, 3.05) is 13.1 Å². The lowest BCUT2D eigenvalue weighted by Gasteiger charge is -2.29. The van der Waals surface area contributed by atoms with Gasteiger partial charge in [-0.25, -0.2) is 0 Å². The number of hydrogen-bond donors (Lipinski definition) is 1. The molecule has 0 aromatic heterocycles. The number of carbonyl (C=O) groups excluding carboxylic acids is 1. The zero-order chi connectivity index (χ0) is 14.4. The predicted octanol–water partition coefficient (Wildman–Crippen LogP) is 2.90. The van der Waals surface area contributed by atoms with E-state index in [0.29, 0.717) is 6.42 Å². The van der Waals surface area contributed by atoms with Gasteiger partial charge in [-0.3, -0.25) is 4.79 Å². The molecule has 20 heavy (non-hydrogen) atoms. The first-order valence-corrected chi connectivity index (χ1v) is 6.82. The number of alkyl halides is 3. The van der Waals surface area contributed by atoms with Gasteiger partial charge in [-0.1, -0.05) is 30.3 Å². The van der Waals surface area contributed by atoms with Crippen molar-refractivity contribution < 1.29 is 18.0 Å². The summed E-state index contributed by atoms with van der Waals surface area (Å²) in [7, 11) is 0. The Labute approximate surface area is 115 Å². The van der Waals surface area contributed by atoms with Crippen LogP contribution in [-0.4, -0.2) is 25.0 Å². The van der Waals surface area contributed by atoms with Gasteiger partial charge in [0.25, 0.3) is 0 Å². The molecule has 1 heterocycles. The van der Waals surface area contributed by atoms with Gasteiger partial charge in [0.05, 0.1) is 0 Å². The number of ketones is 1. The zero-order valence-electron chi connectivity index (χ0n) is 10.9. The van der Waals surface area contributed by atoms with Crippen molar-refractivity contribution in [1.82, 2.24) is 5.32 Å². The van der Waals surface area contributed by atoms with E-state index in [1.165, 1.54) is 0 Å². The van der Waals surface area contributed by atoms with Crippen LogP contribution in [0.4, 0.5) is 13.2 Å². The Bertz CT molecular complexity index is 506. The molecule has 1 saturated carbocycles. The number of benzene rings is 1. The maximum absolute atomic E-state index is 13.3. The van der Waals surface area contributed by atoms with E-state index >= 15 is 0 Å². The monoisotopic (exact) mass is 283 g/mol. The summed E-state index contributed by atoms with van der Waals surface area (Å²) in [5, 5.41) is 2.70. The molecule has 0 amide bonds. The molecule has 3 atom stereocenters. The molecular formula is C15H16F3NO. The maximum atomic E-state index is 13.3. The first kappa shape index (κ1) is 13.6. The summed E-state index contributed by atoms with van der Waals surface area (Å²) >= 11 is 0. The van der Waals surface area contributed by atoms with Crippen molar-refractivity contribution in [3.8, 4) is 0 Å². The Balaban J connectivity index is 1.80. The van der Waals surface area contributed by atoms with Crippen LogP contribution >= 0.6 is 0 Å². The molecule has 5 heteroatoms. The van der Waals surface area contributed by atoms with E-state index in [9.17, 15) is 18.0 Å². The number of halogens is 3. The molecule has 108 valence electrons. The summed E-state index contributed by atoms with van der Waals surface area (Å²) in [6, 6.07) is 9.33. The zero-order valence-corrected chi connectivity index (χ0v) is 10.9. The number of carbonyl (C=O) groups is 1. The smallest absolute Gasteiger partial charge is 0.315 e. The molecule has 0 bridgehead atoms. The summed E-state index contributed by atoms with van der Waals surface area (Å²) in [4.78, 5) is 12.4. The number of nitrogens with one attached hydrogen (secondary N) is 1. The Morgan fingerprint density at radius 1 is 1.25 bits per heavy atom. The van der Waals surface area contributed by atoms with Crippen molar-refractivity contribution in [2.45, 2.75) is 24.9 Å². The molecular weight excluding hydrogens is 267 g/mol. The van der Waals surface area contributed by atoms with Crippen molar-refractivity contribution in [3.05, 3.63) is 35.9 Å². The van der Waals surface area contributed by atoms with Crippen molar-refractivity contribution in [2.24, 2.45) is 11.3 Å². The Kier molecular flexibility index (Phi) is 3.12. The molecule has 1 aliphatic carbocycles. The Morgan fingerprint density at radius 2 is 1.95 bits per heavy atom. The van der Waals surface area contributed by atoms with Crippen LogP contribution in [0.1, 0.15) is 24.3 Å². The Morgan fingerprint density at radius 3 is 2.50 bits per heavy atom. The highest BCUT2D eigenvalue weighted by Gasteiger charge is 2.65. The second kappa shape index (κ2) is 4.58. The first-order valence-electron chi connectivity index (χ1n) is 6.82. The SMILES string of the molecule is O=C(C1CC1c1ccccc1)C1(C(F)(F)F)CCNC1. The third-order valence-corrected chi connectivity index (χ3v) is 4.52.